The zero-order valence-corrected chi connectivity index (χ0v) is 10.3. The Morgan fingerprint density at radius 2 is 2.06 bits per heavy atom. The number of benzene rings is 1. The SMILES string of the molecule is Cc1ccc(SCCCn2ccnc2)cc1. The van der Waals surface area contributed by atoms with E-state index >= 15 is 0 Å². The van der Waals surface area contributed by atoms with E-state index in [9.17, 15) is 0 Å². The van der Waals surface area contributed by atoms with Crippen LogP contribution in [0.5, 0.6) is 0 Å². The van der Waals surface area contributed by atoms with E-state index in [1.165, 1.54) is 16.9 Å². The fourth-order valence-corrected chi connectivity index (χ4v) is 2.33. The Hall–Kier alpha value is -1.22. The molecule has 1 aromatic carbocycles. The highest BCUT2D eigenvalue weighted by Gasteiger charge is 1.94. The van der Waals surface area contributed by atoms with Crippen LogP contribution in [0.4, 0.5) is 0 Å². The molecular formula is C13H16N2S. The zero-order chi connectivity index (χ0) is 11.2. The molecule has 2 aromatic rings. The first-order valence-corrected chi connectivity index (χ1v) is 6.48. The molecule has 0 fully saturated rings. The smallest absolute Gasteiger partial charge is 0.0945 e. The van der Waals surface area contributed by atoms with Crippen molar-refractivity contribution < 1.29 is 0 Å². The number of hydrogen-bond acceptors (Lipinski definition) is 2. The third kappa shape index (κ3) is 3.42. The molecule has 0 atom stereocenters. The first kappa shape index (κ1) is 11.3. The van der Waals surface area contributed by atoms with Crippen molar-refractivity contribution in [1.82, 2.24) is 9.55 Å². The Morgan fingerprint density at radius 1 is 1.25 bits per heavy atom. The Balaban J connectivity index is 1.70. The van der Waals surface area contributed by atoms with Gasteiger partial charge >= 0.3 is 0 Å². The predicted molar refractivity (Wildman–Crippen MR) is 68.7 cm³/mol. The third-order valence-corrected chi connectivity index (χ3v) is 3.51. The Kier molecular flexibility index (Phi) is 4.05. The van der Waals surface area contributed by atoms with Crippen molar-refractivity contribution in [3.05, 3.63) is 48.5 Å². The molecule has 0 saturated carbocycles. The highest BCUT2D eigenvalue weighted by atomic mass is 32.2. The quantitative estimate of drug-likeness (QED) is 0.581. The fraction of sp³-hybridized carbons (Fsp3) is 0.308. The van der Waals surface area contributed by atoms with Crippen LogP contribution >= 0.6 is 11.8 Å². The summed E-state index contributed by atoms with van der Waals surface area (Å²) in [5, 5.41) is 0. The number of imidazole rings is 1. The van der Waals surface area contributed by atoms with Gasteiger partial charge in [0.25, 0.3) is 0 Å². The van der Waals surface area contributed by atoms with E-state index in [4.69, 9.17) is 0 Å². The second-order valence-electron chi connectivity index (χ2n) is 3.82. The number of rotatable bonds is 5. The van der Waals surface area contributed by atoms with E-state index in [2.05, 4.69) is 40.7 Å². The Bertz CT molecular complexity index is 406. The number of thioether (sulfide) groups is 1. The van der Waals surface area contributed by atoms with Crippen LogP contribution in [-0.2, 0) is 6.54 Å². The van der Waals surface area contributed by atoms with Gasteiger partial charge in [-0.1, -0.05) is 17.7 Å². The minimum Gasteiger partial charge on any atom is -0.337 e. The summed E-state index contributed by atoms with van der Waals surface area (Å²) in [6.07, 6.45) is 6.88. The van der Waals surface area contributed by atoms with E-state index < -0.39 is 0 Å². The van der Waals surface area contributed by atoms with Gasteiger partial charge in [-0.2, -0.15) is 0 Å². The van der Waals surface area contributed by atoms with Crippen LogP contribution in [0.15, 0.2) is 47.9 Å². The Labute approximate surface area is 101 Å². The van der Waals surface area contributed by atoms with Crippen LogP contribution in [0.25, 0.3) is 0 Å². The van der Waals surface area contributed by atoms with E-state index in [1.54, 1.807) is 0 Å². The summed E-state index contributed by atoms with van der Waals surface area (Å²) in [6, 6.07) is 8.71. The lowest BCUT2D eigenvalue weighted by Crippen LogP contribution is -1.95. The topological polar surface area (TPSA) is 17.8 Å². The molecule has 0 radical (unpaired) electrons. The van der Waals surface area contributed by atoms with Crippen molar-refractivity contribution in [3.8, 4) is 0 Å². The molecule has 0 amide bonds. The molecule has 0 aliphatic heterocycles. The lowest BCUT2D eigenvalue weighted by atomic mass is 10.2. The van der Waals surface area contributed by atoms with Crippen molar-refractivity contribution in [2.24, 2.45) is 0 Å². The molecule has 1 heterocycles. The highest BCUT2D eigenvalue weighted by Crippen LogP contribution is 2.19. The molecule has 2 nitrogen and oxygen atoms in total. The largest absolute Gasteiger partial charge is 0.337 e. The van der Waals surface area contributed by atoms with Crippen LogP contribution in [0.1, 0.15) is 12.0 Å². The van der Waals surface area contributed by atoms with Crippen molar-refractivity contribution >= 4 is 11.8 Å². The predicted octanol–water partition coefficient (Wildman–Crippen LogP) is 3.37. The van der Waals surface area contributed by atoms with Gasteiger partial charge in [-0.05, 0) is 31.2 Å². The van der Waals surface area contributed by atoms with Gasteiger partial charge in [0.1, 0.15) is 0 Å². The summed E-state index contributed by atoms with van der Waals surface area (Å²) >= 11 is 1.92. The van der Waals surface area contributed by atoms with Crippen LogP contribution in [0, 0.1) is 6.92 Å². The summed E-state index contributed by atoms with van der Waals surface area (Å²) in [7, 11) is 0. The molecule has 3 heteroatoms. The molecule has 84 valence electrons. The standard InChI is InChI=1S/C13H16N2S/c1-12-3-5-13(6-4-12)16-10-2-8-15-9-7-14-11-15/h3-7,9,11H,2,8,10H2,1H3. The normalized spacial score (nSPS) is 10.6. The molecule has 0 saturated heterocycles. The monoisotopic (exact) mass is 232 g/mol. The van der Waals surface area contributed by atoms with Gasteiger partial charge in [0.2, 0.25) is 0 Å². The molecule has 0 aliphatic rings. The van der Waals surface area contributed by atoms with Crippen LogP contribution < -0.4 is 0 Å². The first-order valence-electron chi connectivity index (χ1n) is 5.50. The number of nitrogens with zero attached hydrogens (tertiary/aromatic N) is 2. The Morgan fingerprint density at radius 3 is 2.75 bits per heavy atom. The lowest BCUT2D eigenvalue weighted by Gasteiger charge is -2.03. The maximum Gasteiger partial charge on any atom is 0.0945 e. The highest BCUT2D eigenvalue weighted by molar-refractivity contribution is 7.99. The maximum atomic E-state index is 4.02. The fourth-order valence-electron chi connectivity index (χ4n) is 1.49. The van der Waals surface area contributed by atoms with E-state index in [-0.39, 0.29) is 0 Å². The number of aryl methyl sites for hydroxylation is 2. The number of hydrogen-bond donors (Lipinski definition) is 0. The summed E-state index contributed by atoms with van der Waals surface area (Å²) in [6.45, 7) is 3.17. The minimum atomic E-state index is 1.05. The van der Waals surface area contributed by atoms with Crippen molar-refractivity contribution in [2.45, 2.75) is 24.8 Å². The van der Waals surface area contributed by atoms with Gasteiger partial charge < -0.3 is 4.57 Å². The van der Waals surface area contributed by atoms with Crippen LogP contribution in [-0.4, -0.2) is 15.3 Å². The van der Waals surface area contributed by atoms with Gasteiger partial charge in [-0.15, -0.1) is 11.8 Å². The first-order chi connectivity index (χ1) is 7.84. The average molecular weight is 232 g/mol. The molecule has 0 N–H and O–H groups in total. The second kappa shape index (κ2) is 5.75. The maximum absolute atomic E-state index is 4.02. The van der Waals surface area contributed by atoms with E-state index in [0.717, 1.165) is 12.3 Å². The average Bonchev–Trinajstić information content (AvgIpc) is 2.80. The molecule has 1 aromatic heterocycles. The van der Waals surface area contributed by atoms with Crippen LogP contribution in [0.3, 0.4) is 0 Å². The second-order valence-corrected chi connectivity index (χ2v) is 4.98. The minimum absolute atomic E-state index is 1.05. The van der Waals surface area contributed by atoms with Crippen molar-refractivity contribution in [2.75, 3.05) is 5.75 Å². The summed E-state index contributed by atoms with van der Waals surface area (Å²) in [5.41, 5.74) is 1.32. The summed E-state index contributed by atoms with van der Waals surface area (Å²) < 4.78 is 2.12. The molecule has 16 heavy (non-hydrogen) atoms. The van der Waals surface area contributed by atoms with Crippen LogP contribution in [0.2, 0.25) is 0 Å². The molecule has 0 spiro atoms. The molecule has 0 aliphatic carbocycles. The molecule has 2 rings (SSSR count). The summed E-state index contributed by atoms with van der Waals surface area (Å²) in [5.74, 6) is 1.15. The molecular weight excluding hydrogens is 216 g/mol. The number of aromatic nitrogens is 2. The van der Waals surface area contributed by atoms with Gasteiger partial charge in [0.15, 0.2) is 0 Å². The van der Waals surface area contributed by atoms with Gasteiger partial charge in [-0.3, -0.25) is 0 Å². The molecule has 0 bridgehead atoms. The van der Waals surface area contributed by atoms with Crippen molar-refractivity contribution in [1.29, 1.82) is 0 Å². The van der Waals surface area contributed by atoms with E-state index in [1.807, 2.05) is 30.5 Å². The third-order valence-electron chi connectivity index (χ3n) is 2.41. The van der Waals surface area contributed by atoms with Crippen molar-refractivity contribution in [3.63, 3.8) is 0 Å². The van der Waals surface area contributed by atoms with Gasteiger partial charge in [0, 0.05) is 23.8 Å². The zero-order valence-electron chi connectivity index (χ0n) is 9.47. The van der Waals surface area contributed by atoms with Gasteiger partial charge in [-0.25, -0.2) is 4.98 Å². The molecule has 0 unspecified atom stereocenters. The van der Waals surface area contributed by atoms with Gasteiger partial charge in [0.05, 0.1) is 6.33 Å². The lowest BCUT2D eigenvalue weighted by molar-refractivity contribution is 0.683. The summed E-state index contributed by atoms with van der Waals surface area (Å²) in [4.78, 5) is 5.38. The van der Waals surface area contributed by atoms with E-state index in [0.29, 0.717) is 0 Å².